The molecule has 2 N–H and O–H groups in total. The zero-order valence-corrected chi connectivity index (χ0v) is 11.3. The van der Waals surface area contributed by atoms with E-state index in [0.717, 1.165) is 0 Å². The molecule has 1 atom stereocenters. The summed E-state index contributed by atoms with van der Waals surface area (Å²) in [6, 6.07) is -1.10. The van der Waals surface area contributed by atoms with Crippen LogP contribution in [0.4, 0.5) is 4.79 Å². The number of alkyl carbamates (subject to hydrolysis) is 1. The molecule has 17 heavy (non-hydrogen) atoms. The molecule has 0 aromatic heterocycles. The maximum atomic E-state index is 11.4. The molecule has 0 unspecified atom stereocenters. The lowest BCUT2D eigenvalue weighted by molar-refractivity contribution is -0.144. The minimum atomic E-state index is -1.10. The lowest BCUT2D eigenvalue weighted by Gasteiger charge is -2.22. The highest BCUT2D eigenvalue weighted by Gasteiger charge is 2.24. The molecule has 0 radical (unpaired) electrons. The molecule has 0 saturated heterocycles. The second-order valence-corrected chi connectivity index (χ2v) is 5.06. The van der Waals surface area contributed by atoms with Crippen molar-refractivity contribution in [1.29, 1.82) is 0 Å². The predicted molar refractivity (Wildman–Crippen MR) is 64.7 cm³/mol. The lowest BCUT2D eigenvalue weighted by atomic mass is 10.2. The van der Waals surface area contributed by atoms with Gasteiger partial charge in [-0.2, -0.15) is 0 Å². The summed E-state index contributed by atoms with van der Waals surface area (Å²) in [5.74, 6) is -0.515. The second kappa shape index (κ2) is 7.39. The zero-order chi connectivity index (χ0) is 13.5. The summed E-state index contributed by atoms with van der Waals surface area (Å²) in [5, 5.41) is 11.2. The normalized spacial score (nSPS) is 12.8. The highest BCUT2D eigenvalue weighted by Crippen LogP contribution is 2.07. The monoisotopic (exact) mass is 265 g/mol. The van der Waals surface area contributed by atoms with Gasteiger partial charge in [-0.25, -0.2) is 9.59 Å². The van der Waals surface area contributed by atoms with Gasteiger partial charge in [0.25, 0.3) is 0 Å². The number of esters is 1. The van der Waals surface area contributed by atoms with Gasteiger partial charge in [0.15, 0.2) is 6.04 Å². The number of ether oxygens (including phenoxy) is 2. The Hall–Kier alpha value is -0.950. The molecule has 0 aliphatic carbocycles. The van der Waals surface area contributed by atoms with Gasteiger partial charge in [0.1, 0.15) is 11.5 Å². The summed E-state index contributed by atoms with van der Waals surface area (Å²) in [7, 11) is 0. The van der Waals surface area contributed by atoms with E-state index in [1.54, 1.807) is 27.0 Å². The van der Waals surface area contributed by atoms with Crippen LogP contribution in [0.3, 0.4) is 0 Å². The van der Waals surface area contributed by atoms with Crippen LogP contribution in [0.2, 0.25) is 0 Å². The number of carbonyl (C=O) groups excluding carboxylic acids is 2. The van der Waals surface area contributed by atoms with E-state index in [2.05, 4.69) is 5.32 Å². The number of rotatable bonds is 5. The van der Waals surface area contributed by atoms with Crippen molar-refractivity contribution in [2.75, 3.05) is 18.8 Å². The van der Waals surface area contributed by atoms with Crippen molar-refractivity contribution >= 4 is 23.8 Å². The number of amides is 1. The van der Waals surface area contributed by atoms with Crippen LogP contribution in [-0.4, -0.2) is 47.6 Å². The van der Waals surface area contributed by atoms with Gasteiger partial charge >= 0.3 is 12.1 Å². The fraction of sp³-hybridized carbons (Fsp3) is 0.800. The van der Waals surface area contributed by atoms with Crippen molar-refractivity contribution in [1.82, 2.24) is 5.32 Å². The summed E-state index contributed by atoms with van der Waals surface area (Å²) in [4.78, 5) is 22.7. The van der Waals surface area contributed by atoms with Crippen LogP contribution in [0.1, 0.15) is 20.8 Å². The van der Waals surface area contributed by atoms with Crippen LogP contribution in [0.15, 0.2) is 0 Å². The summed E-state index contributed by atoms with van der Waals surface area (Å²) in [6.45, 7) is 4.57. The summed E-state index contributed by atoms with van der Waals surface area (Å²) in [6.07, 6.45) is 1.00. The average Bonchev–Trinajstić information content (AvgIpc) is 2.19. The zero-order valence-electron chi connectivity index (χ0n) is 10.5. The fourth-order valence-electron chi connectivity index (χ4n) is 0.847. The molecule has 0 spiro atoms. The Kier molecular flexibility index (Phi) is 6.98. The Morgan fingerprint density at radius 3 is 2.41 bits per heavy atom. The van der Waals surface area contributed by atoms with Gasteiger partial charge in [-0.05, 0) is 27.0 Å². The molecule has 0 rings (SSSR count). The first kappa shape index (κ1) is 16.1. The lowest BCUT2D eigenvalue weighted by Crippen LogP contribution is -2.46. The molecule has 0 saturated carbocycles. The van der Waals surface area contributed by atoms with E-state index in [1.165, 1.54) is 11.8 Å². The Morgan fingerprint density at radius 2 is 2.00 bits per heavy atom. The van der Waals surface area contributed by atoms with E-state index < -0.39 is 30.3 Å². The van der Waals surface area contributed by atoms with Crippen molar-refractivity contribution in [2.45, 2.75) is 32.4 Å². The third-order valence-electron chi connectivity index (χ3n) is 1.48. The van der Waals surface area contributed by atoms with Crippen molar-refractivity contribution < 1.29 is 24.2 Å². The molecule has 0 aromatic rings. The predicted octanol–water partition coefficient (Wildman–Crippen LogP) is 0.736. The fourth-order valence-corrected chi connectivity index (χ4v) is 1.08. The Morgan fingerprint density at radius 1 is 1.41 bits per heavy atom. The van der Waals surface area contributed by atoms with Crippen LogP contribution in [0, 0.1) is 0 Å². The van der Waals surface area contributed by atoms with Crippen molar-refractivity contribution in [3.63, 3.8) is 0 Å². The molecule has 0 heterocycles. The molecule has 7 heteroatoms. The van der Waals surface area contributed by atoms with E-state index >= 15 is 0 Å². The molecular formula is C10H19NO5S. The van der Waals surface area contributed by atoms with Crippen molar-refractivity contribution in [2.24, 2.45) is 0 Å². The standard InChI is InChI=1S/C10H19NO5S/c1-10(2,3)16-9(14)11-7(5-12)8(13)15-6-17-4/h7,12H,5-6H2,1-4H3,(H,11,14)/t7-/m0/s1. The molecule has 100 valence electrons. The number of aliphatic hydroxyl groups is 1. The minimum absolute atomic E-state index is 0.172. The quantitative estimate of drug-likeness (QED) is 0.563. The molecule has 1 amide bonds. The first-order valence-corrected chi connectivity index (χ1v) is 6.45. The third kappa shape index (κ3) is 7.87. The van der Waals surface area contributed by atoms with Crippen LogP contribution >= 0.6 is 11.8 Å². The van der Waals surface area contributed by atoms with Gasteiger partial charge in [0.05, 0.1) is 6.61 Å². The Balaban J connectivity index is 4.21. The van der Waals surface area contributed by atoms with E-state index in [0.29, 0.717) is 0 Å². The molecule has 0 fully saturated rings. The maximum absolute atomic E-state index is 11.4. The van der Waals surface area contributed by atoms with Gasteiger partial charge in [0, 0.05) is 0 Å². The van der Waals surface area contributed by atoms with Crippen molar-refractivity contribution in [3.05, 3.63) is 0 Å². The first-order valence-electron chi connectivity index (χ1n) is 5.06. The number of carbonyl (C=O) groups is 2. The van der Waals surface area contributed by atoms with Crippen LogP contribution < -0.4 is 5.32 Å². The highest BCUT2D eigenvalue weighted by atomic mass is 32.2. The SMILES string of the molecule is CSCOC(=O)[C@H](CO)NC(=O)OC(C)(C)C. The molecule has 6 nitrogen and oxygen atoms in total. The van der Waals surface area contributed by atoms with E-state index in [1.807, 2.05) is 0 Å². The van der Waals surface area contributed by atoms with Gasteiger partial charge < -0.3 is 19.9 Å². The van der Waals surface area contributed by atoms with Crippen molar-refractivity contribution in [3.8, 4) is 0 Å². The maximum Gasteiger partial charge on any atom is 0.408 e. The van der Waals surface area contributed by atoms with Gasteiger partial charge in [-0.15, -0.1) is 11.8 Å². The number of aliphatic hydroxyl groups excluding tert-OH is 1. The van der Waals surface area contributed by atoms with Gasteiger partial charge in [-0.1, -0.05) is 0 Å². The topological polar surface area (TPSA) is 84.9 Å². The van der Waals surface area contributed by atoms with Crippen LogP contribution in [0.25, 0.3) is 0 Å². The third-order valence-corrected chi connectivity index (χ3v) is 1.83. The smallest absolute Gasteiger partial charge is 0.408 e. The summed E-state index contributed by atoms with van der Waals surface area (Å²) in [5.41, 5.74) is -0.659. The van der Waals surface area contributed by atoms with Crippen LogP contribution in [0.5, 0.6) is 0 Å². The molecule has 0 aliphatic heterocycles. The van der Waals surface area contributed by atoms with Gasteiger partial charge in [-0.3, -0.25) is 0 Å². The van der Waals surface area contributed by atoms with Gasteiger partial charge in [0.2, 0.25) is 0 Å². The van der Waals surface area contributed by atoms with E-state index in [9.17, 15) is 9.59 Å². The first-order chi connectivity index (χ1) is 7.80. The van der Waals surface area contributed by atoms with E-state index in [4.69, 9.17) is 14.6 Å². The molecule has 0 bridgehead atoms. The highest BCUT2D eigenvalue weighted by molar-refractivity contribution is 7.98. The van der Waals surface area contributed by atoms with Crippen LogP contribution in [-0.2, 0) is 14.3 Å². The summed E-state index contributed by atoms with van der Waals surface area (Å²) >= 11 is 1.32. The second-order valence-electron chi connectivity index (χ2n) is 4.25. The molecular weight excluding hydrogens is 246 g/mol. The molecule has 0 aliphatic rings. The number of nitrogens with one attached hydrogen (secondary N) is 1. The largest absolute Gasteiger partial charge is 0.453 e. The van der Waals surface area contributed by atoms with E-state index in [-0.39, 0.29) is 5.94 Å². The number of hydrogen-bond donors (Lipinski definition) is 2. The number of hydrogen-bond acceptors (Lipinski definition) is 6. The number of thioether (sulfide) groups is 1. The minimum Gasteiger partial charge on any atom is -0.453 e. The average molecular weight is 265 g/mol. The summed E-state index contributed by atoms with van der Waals surface area (Å²) < 4.78 is 9.72. The Bertz CT molecular complexity index is 264. The molecule has 0 aromatic carbocycles. The Labute approximate surface area is 105 Å².